The monoisotopic (exact) mass is 250 g/mol. The van der Waals surface area contributed by atoms with Gasteiger partial charge in [0, 0.05) is 26.7 Å². The number of benzene rings is 1. The van der Waals surface area contributed by atoms with E-state index >= 15 is 0 Å². The van der Waals surface area contributed by atoms with Gasteiger partial charge in [-0.15, -0.1) is 0 Å². The van der Waals surface area contributed by atoms with Crippen molar-refractivity contribution in [2.24, 2.45) is 5.73 Å². The Morgan fingerprint density at radius 3 is 2.44 bits per heavy atom. The fourth-order valence-electron chi connectivity index (χ4n) is 1.68. The van der Waals surface area contributed by atoms with Crippen molar-refractivity contribution in [1.82, 2.24) is 4.90 Å². The highest BCUT2D eigenvalue weighted by atomic mass is 16.5. The number of nitrogens with two attached hydrogens (primary N) is 1. The molecule has 1 rings (SSSR count). The highest BCUT2D eigenvalue weighted by Gasteiger charge is 2.31. The van der Waals surface area contributed by atoms with Crippen LogP contribution in [0.5, 0.6) is 0 Å². The number of rotatable bonds is 6. The van der Waals surface area contributed by atoms with Crippen LogP contribution in [0.15, 0.2) is 30.3 Å². The average molecular weight is 250 g/mol. The fraction of sp³-hybridized carbons (Fsp3) is 0.500. The van der Waals surface area contributed by atoms with Crippen LogP contribution >= 0.6 is 0 Å². The van der Waals surface area contributed by atoms with Crippen LogP contribution in [-0.2, 0) is 16.1 Å². The first kappa shape index (κ1) is 14.7. The molecule has 0 atom stereocenters. The summed E-state index contributed by atoms with van der Waals surface area (Å²) < 4.78 is 5.23. The summed E-state index contributed by atoms with van der Waals surface area (Å²) in [7, 11) is 1.54. The minimum Gasteiger partial charge on any atom is -0.369 e. The van der Waals surface area contributed by atoms with Gasteiger partial charge in [0.15, 0.2) is 0 Å². The number of carbonyl (C=O) groups is 1. The molecule has 0 radical (unpaired) electrons. The van der Waals surface area contributed by atoms with Crippen molar-refractivity contribution in [3.63, 3.8) is 0 Å². The second-order valence-corrected chi connectivity index (χ2v) is 4.72. The van der Waals surface area contributed by atoms with Crippen molar-refractivity contribution in [1.29, 1.82) is 0 Å². The topological polar surface area (TPSA) is 55.6 Å². The van der Waals surface area contributed by atoms with E-state index in [2.05, 4.69) is 0 Å². The van der Waals surface area contributed by atoms with Crippen LogP contribution in [0.1, 0.15) is 19.4 Å². The first-order chi connectivity index (χ1) is 8.51. The normalized spacial score (nSPS) is 11.3. The molecule has 0 saturated heterocycles. The van der Waals surface area contributed by atoms with Crippen LogP contribution in [0.4, 0.5) is 0 Å². The molecule has 0 heterocycles. The Labute approximate surface area is 109 Å². The molecule has 18 heavy (non-hydrogen) atoms. The number of ether oxygens (including phenoxy) is 1. The van der Waals surface area contributed by atoms with Gasteiger partial charge in [-0.3, -0.25) is 4.79 Å². The Morgan fingerprint density at radius 1 is 1.33 bits per heavy atom. The molecule has 0 spiro atoms. The van der Waals surface area contributed by atoms with Crippen molar-refractivity contribution < 1.29 is 9.53 Å². The van der Waals surface area contributed by atoms with E-state index in [0.29, 0.717) is 19.6 Å². The Morgan fingerprint density at radius 2 is 1.94 bits per heavy atom. The van der Waals surface area contributed by atoms with Gasteiger partial charge in [-0.1, -0.05) is 30.3 Å². The maximum atomic E-state index is 12.3. The van der Waals surface area contributed by atoms with Crippen LogP contribution in [0.2, 0.25) is 0 Å². The molecular weight excluding hydrogens is 228 g/mol. The zero-order valence-electron chi connectivity index (χ0n) is 11.3. The minimum atomic E-state index is -0.816. The van der Waals surface area contributed by atoms with E-state index in [1.54, 1.807) is 25.9 Å². The number of amides is 1. The number of carbonyl (C=O) groups excluding carboxylic acids is 1. The van der Waals surface area contributed by atoms with Crippen molar-refractivity contribution in [2.75, 3.05) is 20.2 Å². The van der Waals surface area contributed by atoms with E-state index in [0.717, 1.165) is 5.56 Å². The van der Waals surface area contributed by atoms with E-state index in [-0.39, 0.29) is 5.91 Å². The third-order valence-electron chi connectivity index (χ3n) is 2.93. The number of nitrogens with zero attached hydrogens (tertiary/aromatic N) is 1. The van der Waals surface area contributed by atoms with Crippen LogP contribution in [0.25, 0.3) is 0 Å². The van der Waals surface area contributed by atoms with E-state index < -0.39 is 5.60 Å². The Balaban J connectivity index is 2.80. The predicted octanol–water partition coefficient (Wildman–Crippen LogP) is 1.40. The largest absolute Gasteiger partial charge is 0.369 e. The molecule has 4 heteroatoms. The molecule has 0 aliphatic heterocycles. The van der Waals surface area contributed by atoms with Gasteiger partial charge in [-0.05, 0) is 19.4 Å². The molecule has 4 nitrogen and oxygen atoms in total. The van der Waals surface area contributed by atoms with E-state index in [4.69, 9.17) is 10.5 Å². The second-order valence-electron chi connectivity index (χ2n) is 4.72. The first-order valence-electron chi connectivity index (χ1n) is 6.10. The molecule has 2 N–H and O–H groups in total. The molecule has 0 aromatic heterocycles. The number of hydrogen-bond donors (Lipinski definition) is 1. The van der Waals surface area contributed by atoms with Crippen molar-refractivity contribution in [3.8, 4) is 0 Å². The zero-order valence-corrected chi connectivity index (χ0v) is 11.3. The van der Waals surface area contributed by atoms with Gasteiger partial charge in [0.05, 0.1) is 0 Å². The average Bonchev–Trinajstić information content (AvgIpc) is 2.38. The molecule has 1 aromatic carbocycles. The summed E-state index contributed by atoms with van der Waals surface area (Å²) in [5.41, 5.74) is 5.84. The Bertz CT molecular complexity index is 377. The van der Waals surface area contributed by atoms with Gasteiger partial charge >= 0.3 is 0 Å². The van der Waals surface area contributed by atoms with Gasteiger partial charge in [0.1, 0.15) is 5.60 Å². The molecule has 1 amide bonds. The van der Waals surface area contributed by atoms with Crippen LogP contribution in [0, 0.1) is 0 Å². The summed E-state index contributed by atoms with van der Waals surface area (Å²) in [6.45, 7) is 5.07. The lowest BCUT2D eigenvalue weighted by molar-refractivity contribution is -0.151. The smallest absolute Gasteiger partial charge is 0.254 e. The summed E-state index contributed by atoms with van der Waals surface area (Å²) in [6.07, 6.45) is 0. The summed E-state index contributed by atoms with van der Waals surface area (Å²) in [6, 6.07) is 9.87. The standard InChI is InChI=1S/C14H22N2O2/c1-14(2,18-3)13(17)16(10-9-15)11-12-7-5-4-6-8-12/h4-8H,9-11,15H2,1-3H3. The molecule has 0 aliphatic rings. The highest BCUT2D eigenvalue weighted by molar-refractivity contribution is 5.84. The SMILES string of the molecule is COC(C)(C)C(=O)N(CCN)Cc1ccccc1. The molecule has 100 valence electrons. The molecule has 0 fully saturated rings. The Kier molecular flexibility index (Phi) is 5.31. The number of hydrogen-bond acceptors (Lipinski definition) is 3. The quantitative estimate of drug-likeness (QED) is 0.830. The van der Waals surface area contributed by atoms with E-state index in [9.17, 15) is 4.79 Å². The lowest BCUT2D eigenvalue weighted by atomic mass is 10.1. The molecule has 1 aromatic rings. The third-order valence-corrected chi connectivity index (χ3v) is 2.93. The second kappa shape index (κ2) is 6.52. The van der Waals surface area contributed by atoms with Crippen LogP contribution in [0.3, 0.4) is 0 Å². The van der Waals surface area contributed by atoms with Crippen molar-refractivity contribution in [3.05, 3.63) is 35.9 Å². The predicted molar refractivity (Wildman–Crippen MR) is 72.0 cm³/mol. The lowest BCUT2D eigenvalue weighted by Gasteiger charge is -2.30. The van der Waals surface area contributed by atoms with Crippen molar-refractivity contribution >= 4 is 5.91 Å². The molecular formula is C14H22N2O2. The van der Waals surface area contributed by atoms with Gasteiger partial charge in [-0.2, -0.15) is 0 Å². The summed E-state index contributed by atoms with van der Waals surface area (Å²) >= 11 is 0. The fourth-order valence-corrected chi connectivity index (χ4v) is 1.68. The molecule has 0 bridgehead atoms. The minimum absolute atomic E-state index is 0.0423. The third kappa shape index (κ3) is 3.82. The molecule has 0 saturated carbocycles. The van der Waals surface area contributed by atoms with E-state index in [1.165, 1.54) is 0 Å². The van der Waals surface area contributed by atoms with Gasteiger partial charge in [-0.25, -0.2) is 0 Å². The maximum Gasteiger partial charge on any atom is 0.254 e. The maximum absolute atomic E-state index is 12.3. The molecule has 0 aliphatic carbocycles. The van der Waals surface area contributed by atoms with Gasteiger partial charge in [0.2, 0.25) is 0 Å². The van der Waals surface area contributed by atoms with Crippen LogP contribution in [-0.4, -0.2) is 36.6 Å². The summed E-state index contributed by atoms with van der Waals surface area (Å²) in [5, 5.41) is 0. The van der Waals surface area contributed by atoms with Crippen molar-refractivity contribution in [2.45, 2.75) is 26.0 Å². The summed E-state index contributed by atoms with van der Waals surface area (Å²) in [5.74, 6) is -0.0423. The highest BCUT2D eigenvalue weighted by Crippen LogP contribution is 2.14. The lowest BCUT2D eigenvalue weighted by Crippen LogP contribution is -2.47. The Hall–Kier alpha value is -1.39. The van der Waals surface area contributed by atoms with E-state index in [1.807, 2.05) is 30.3 Å². The zero-order chi connectivity index (χ0) is 13.6. The van der Waals surface area contributed by atoms with Crippen LogP contribution < -0.4 is 5.73 Å². The number of methoxy groups -OCH3 is 1. The summed E-state index contributed by atoms with van der Waals surface area (Å²) in [4.78, 5) is 14.1. The van der Waals surface area contributed by atoms with Gasteiger partial charge in [0.25, 0.3) is 5.91 Å². The molecule has 0 unspecified atom stereocenters. The van der Waals surface area contributed by atoms with Gasteiger partial charge < -0.3 is 15.4 Å². The first-order valence-corrected chi connectivity index (χ1v) is 6.10.